The van der Waals surface area contributed by atoms with E-state index in [2.05, 4.69) is 50.2 Å². The van der Waals surface area contributed by atoms with Crippen LogP contribution in [0.5, 0.6) is 0 Å². The van der Waals surface area contributed by atoms with Crippen LogP contribution in [0.3, 0.4) is 0 Å². The topological polar surface area (TPSA) is 89.7 Å². The van der Waals surface area contributed by atoms with Gasteiger partial charge in [-0.05, 0) is 37.1 Å². The molecule has 8 heteroatoms. The molecule has 0 unspecified atom stereocenters. The van der Waals surface area contributed by atoms with E-state index < -0.39 is 0 Å². The van der Waals surface area contributed by atoms with Crippen LogP contribution in [0, 0.1) is 0 Å². The fourth-order valence-corrected chi connectivity index (χ4v) is 4.32. The first kappa shape index (κ1) is 19.4. The zero-order chi connectivity index (χ0) is 21.2. The maximum absolute atomic E-state index is 13.3. The summed E-state index contributed by atoms with van der Waals surface area (Å²) in [6.45, 7) is 1.88. The summed E-state index contributed by atoms with van der Waals surface area (Å²) < 4.78 is 3.70. The lowest BCUT2D eigenvalue weighted by Gasteiger charge is -2.16. The van der Waals surface area contributed by atoms with Crippen molar-refractivity contribution in [2.75, 3.05) is 18.9 Å². The van der Waals surface area contributed by atoms with Crippen LogP contribution in [-0.4, -0.2) is 44.2 Å². The van der Waals surface area contributed by atoms with E-state index in [0.29, 0.717) is 29.2 Å². The fourth-order valence-electron chi connectivity index (χ4n) is 4.32. The fraction of sp³-hybridized carbons (Fsp3) is 0.304. The highest BCUT2D eigenvalue weighted by Gasteiger charge is 2.21. The maximum atomic E-state index is 13.3. The summed E-state index contributed by atoms with van der Waals surface area (Å²) in [6.07, 6.45) is 9.05. The van der Waals surface area contributed by atoms with Gasteiger partial charge in [-0.1, -0.05) is 29.5 Å². The average molecular weight is 416 g/mol. The molecule has 8 nitrogen and oxygen atoms in total. The second kappa shape index (κ2) is 8.31. The molecule has 158 valence electrons. The molecule has 3 aromatic heterocycles. The number of benzene rings is 1. The van der Waals surface area contributed by atoms with Crippen molar-refractivity contribution < 1.29 is 0 Å². The Labute approximate surface area is 179 Å². The lowest BCUT2D eigenvalue weighted by molar-refractivity contribution is 0.624. The van der Waals surface area contributed by atoms with Crippen LogP contribution in [-0.2, 0) is 25.9 Å². The molecule has 0 bridgehead atoms. The molecule has 1 aliphatic carbocycles. The summed E-state index contributed by atoms with van der Waals surface area (Å²) in [5, 5.41) is 15.2. The summed E-state index contributed by atoms with van der Waals surface area (Å²) in [4.78, 5) is 18.0. The smallest absolute Gasteiger partial charge is 0.196 e. The molecule has 0 saturated carbocycles. The summed E-state index contributed by atoms with van der Waals surface area (Å²) >= 11 is 0. The van der Waals surface area contributed by atoms with Crippen molar-refractivity contribution >= 4 is 16.7 Å². The average Bonchev–Trinajstić information content (AvgIpc) is 3.44. The van der Waals surface area contributed by atoms with Gasteiger partial charge in [0.2, 0.25) is 0 Å². The second-order valence-electron chi connectivity index (χ2n) is 7.99. The normalized spacial score (nSPS) is 13.6. The number of nitrogens with one attached hydrogen (secondary N) is 2. The van der Waals surface area contributed by atoms with Crippen LogP contribution >= 0.6 is 0 Å². The molecule has 0 aliphatic heterocycles. The predicted octanol–water partition coefficient (Wildman–Crippen LogP) is 1.83. The zero-order valence-corrected chi connectivity index (χ0v) is 17.5. The van der Waals surface area contributed by atoms with Gasteiger partial charge in [-0.15, -0.1) is 5.10 Å². The molecule has 2 N–H and O–H groups in total. The van der Waals surface area contributed by atoms with Gasteiger partial charge in [0.1, 0.15) is 5.65 Å². The Hall–Kier alpha value is -3.52. The Morgan fingerprint density at radius 2 is 2.00 bits per heavy atom. The molecule has 0 atom stereocenters. The van der Waals surface area contributed by atoms with Gasteiger partial charge in [0.25, 0.3) is 0 Å². The number of rotatable bonds is 7. The van der Waals surface area contributed by atoms with Crippen LogP contribution < -0.4 is 16.1 Å². The van der Waals surface area contributed by atoms with Crippen molar-refractivity contribution in [2.45, 2.75) is 32.0 Å². The number of nitrogens with zero attached hydrogens (tertiary/aromatic N) is 5. The Kier molecular flexibility index (Phi) is 5.21. The van der Waals surface area contributed by atoms with Crippen molar-refractivity contribution in [3.63, 3.8) is 0 Å². The van der Waals surface area contributed by atoms with Crippen molar-refractivity contribution in [1.82, 2.24) is 29.9 Å². The van der Waals surface area contributed by atoms with Gasteiger partial charge in [-0.3, -0.25) is 4.79 Å². The number of hydrogen-bond donors (Lipinski definition) is 2. The molecule has 5 rings (SSSR count). The van der Waals surface area contributed by atoms with Gasteiger partial charge in [0.05, 0.1) is 30.0 Å². The molecule has 1 aromatic carbocycles. The zero-order valence-electron chi connectivity index (χ0n) is 17.5. The predicted molar refractivity (Wildman–Crippen MR) is 120 cm³/mol. The third-order valence-electron chi connectivity index (χ3n) is 5.82. The van der Waals surface area contributed by atoms with E-state index in [1.165, 1.54) is 11.1 Å². The molecule has 0 amide bonds. The number of anilines is 1. The molecule has 3 heterocycles. The maximum Gasteiger partial charge on any atom is 0.196 e. The summed E-state index contributed by atoms with van der Waals surface area (Å²) in [6, 6.07) is 10.8. The minimum absolute atomic E-state index is 0.0166. The van der Waals surface area contributed by atoms with Crippen LogP contribution in [0.4, 0.5) is 5.69 Å². The van der Waals surface area contributed by atoms with Crippen LogP contribution in [0.25, 0.3) is 11.0 Å². The summed E-state index contributed by atoms with van der Waals surface area (Å²) in [7, 11) is 1.91. The van der Waals surface area contributed by atoms with Crippen LogP contribution in [0.1, 0.15) is 16.7 Å². The molecule has 0 fully saturated rings. The Bertz CT molecular complexity index is 1240. The number of fused-ring (bicyclic) bond motifs is 2. The van der Waals surface area contributed by atoms with E-state index in [-0.39, 0.29) is 5.43 Å². The van der Waals surface area contributed by atoms with E-state index in [0.717, 1.165) is 31.6 Å². The highest BCUT2D eigenvalue weighted by atomic mass is 16.1. The van der Waals surface area contributed by atoms with Gasteiger partial charge in [0, 0.05) is 37.1 Å². The van der Waals surface area contributed by atoms with E-state index in [1.807, 2.05) is 30.1 Å². The molecule has 1 aliphatic rings. The molecule has 4 aromatic rings. The van der Waals surface area contributed by atoms with E-state index in [4.69, 9.17) is 0 Å². The minimum atomic E-state index is -0.0166. The molecular weight excluding hydrogens is 390 g/mol. The van der Waals surface area contributed by atoms with Crippen molar-refractivity contribution in [1.29, 1.82) is 0 Å². The first-order chi connectivity index (χ1) is 15.2. The summed E-state index contributed by atoms with van der Waals surface area (Å²) in [5.41, 5.74) is 5.00. The highest BCUT2D eigenvalue weighted by molar-refractivity contribution is 5.79. The lowest BCUT2D eigenvalue weighted by Crippen LogP contribution is -2.23. The standard InChI is InChI=1S/C23H25N7O/c1-24-6-8-29-14-18(15-30-9-7-26-28-30)22(31)21-12-20(13-25-23(21)29)27-19-10-16-4-2-3-5-17(16)11-19/h2-5,7,9,12-14,19,24,27H,6,8,10-11,15H2,1H3. The third kappa shape index (κ3) is 3.94. The highest BCUT2D eigenvalue weighted by Crippen LogP contribution is 2.25. The van der Waals surface area contributed by atoms with Crippen LogP contribution in [0.15, 0.2) is 59.9 Å². The number of pyridine rings is 2. The first-order valence-corrected chi connectivity index (χ1v) is 10.6. The van der Waals surface area contributed by atoms with E-state index in [1.54, 1.807) is 17.1 Å². The number of hydrogen-bond acceptors (Lipinski definition) is 6. The van der Waals surface area contributed by atoms with Crippen molar-refractivity contribution in [3.05, 3.63) is 82.0 Å². The molecule has 31 heavy (non-hydrogen) atoms. The monoisotopic (exact) mass is 415 g/mol. The van der Waals surface area contributed by atoms with Gasteiger partial charge >= 0.3 is 0 Å². The summed E-state index contributed by atoms with van der Waals surface area (Å²) in [5.74, 6) is 0. The van der Waals surface area contributed by atoms with Gasteiger partial charge in [-0.2, -0.15) is 0 Å². The Morgan fingerprint density at radius 1 is 1.19 bits per heavy atom. The van der Waals surface area contributed by atoms with E-state index >= 15 is 0 Å². The second-order valence-corrected chi connectivity index (χ2v) is 7.99. The van der Waals surface area contributed by atoms with Crippen LogP contribution in [0.2, 0.25) is 0 Å². The number of aromatic nitrogens is 5. The lowest BCUT2D eigenvalue weighted by atomic mass is 10.1. The van der Waals surface area contributed by atoms with Gasteiger partial charge < -0.3 is 15.2 Å². The molecule has 0 radical (unpaired) electrons. The number of likely N-dealkylation sites (N-methyl/N-ethyl adjacent to an activating group) is 1. The molecular formula is C23H25N7O. The largest absolute Gasteiger partial charge is 0.380 e. The minimum Gasteiger partial charge on any atom is -0.380 e. The Balaban J connectivity index is 1.49. The van der Waals surface area contributed by atoms with Crippen molar-refractivity contribution in [2.24, 2.45) is 0 Å². The van der Waals surface area contributed by atoms with Gasteiger partial charge in [0.15, 0.2) is 5.43 Å². The Morgan fingerprint density at radius 3 is 2.71 bits per heavy atom. The third-order valence-corrected chi connectivity index (χ3v) is 5.82. The van der Waals surface area contributed by atoms with E-state index in [9.17, 15) is 4.79 Å². The quantitative estimate of drug-likeness (QED) is 0.479. The molecule has 0 spiro atoms. The SMILES string of the molecule is CNCCn1cc(Cn2ccnn2)c(=O)c2cc(NC3Cc4ccccc4C3)cnc21. The van der Waals surface area contributed by atoms with Crippen molar-refractivity contribution in [3.8, 4) is 0 Å². The van der Waals surface area contributed by atoms with Gasteiger partial charge in [-0.25, -0.2) is 9.67 Å². The first-order valence-electron chi connectivity index (χ1n) is 10.6. The molecule has 0 saturated heterocycles.